The van der Waals surface area contributed by atoms with E-state index in [2.05, 4.69) is 93.5 Å². The molecule has 0 aliphatic heterocycles. The molecule has 0 spiro atoms. The van der Waals surface area contributed by atoms with E-state index in [0.29, 0.717) is 0 Å². The molecule has 1 aliphatic carbocycles. The van der Waals surface area contributed by atoms with Gasteiger partial charge < -0.3 is 0 Å². The first-order valence-corrected chi connectivity index (χ1v) is 11.9. The molecule has 0 amide bonds. The minimum atomic E-state index is 0.227. The quantitative estimate of drug-likeness (QED) is 0.388. The van der Waals surface area contributed by atoms with Crippen molar-refractivity contribution in [3.8, 4) is 0 Å². The van der Waals surface area contributed by atoms with Crippen LogP contribution < -0.4 is 0 Å². The standard InChI is InChI=1S/C28H33NS/c1-20-6-8-21(9-7-20)10-11-22-18-24-25(28(4,5)15-14-27(24,2)3)19-23(22)12-13-26-29-16-17-30-26/h6-11,16-19H,12-15H2,1-5H3/b11-10+. The van der Waals surface area contributed by atoms with Gasteiger partial charge in [-0.2, -0.15) is 0 Å². The predicted molar refractivity (Wildman–Crippen MR) is 131 cm³/mol. The molecule has 30 heavy (non-hydrogen) atoms. The van der Waals surface area contributed by atoms with Gasteiger partial charge in [-0.1, -0.05) is 81.8 Å². The number of hydrogen-bond donors (Lipinski definition) is 0. The average Bonchev–Trinajstić information content (AvgIpc) is 3.23. The SMILES string of the molecule is Cc1ccc(/C=C/c2cc3c(cc2CCc2nccs2)C(C)(C)CCC3(C)C)cc1. The summed E-state index contributed by atoms with van der Waals surface area (Å²) in [5.41, 5.74) is 8.89. The van der Waals surface area contributed by atoms with Crippen molar-refractivity contribution in [2.75, 3.05) is 0 Å². The highest BCUT2D eigenvalue weighted by Gasteiger charge is 2.37. The zero-order chi connectivity index (χ0) is 21.4. The van der Waals surface area contributed by atoms with Crippen LogP contribution in [0.5, 0.6) is 0 Å². The third-order valence-corrected chi connectivity index (χ3v) is 7.58. The van der Waals surface area contributed by atoms with Gasteiger partial charge in [0.25, 0.3) is 0 Å². The zero-order valence-corrected chi connectivity index (χ0v) is 19.8. The molecule has 0 fully saturated rings. The number of rotatable bonds is 5. The summed E-state index contributed by atoms with van der Waals surface area (Å²) in [6.07, 6.45) is 11.0. The minimum Gasteiger partial charge on any atom is -0.250 e. The molecule has 1 aromatic heterocycles. The van der Waals surface area contributed by atoms with Crippen LogP contribution in [0.1, 0.15) is 78.9 Å². The number of aromatic nitrogens is 1. The van der Waals surface area contributed by atoms with Crippen molar-refractivity contribution in [1.82, 2.24) is 4.98 Å². The summed E-state index contributed by atoms with van der Waals surface area (Å²) < 4.78 is 0. The van der Waals surface area contributed by atoms with Gasteiger partial charge in [-0.05, 0) is 64.8 Å². The fourth-order valence-electron chi connectivity index (χ4n) is 4.53. The topological polar surface area (TPSA) is 12.9 Å². The lowest BCUT2D eigenvalue weighted by Gasteiger charge is -2.42. The number of thiazole rings is 1. The van der Waals surface area contributed by atoms with Crippen molar-refractivity contribution in [1.29, 1.82) is 0 Å². The first-order valence-electron chi connectivity index (χ1n) is 11.1. The van der Waals surface area contributed by atoms with Crippen LogP contribution in [0, 0.1) is 6.92 Å². The molecule has 2 aromatic carbocycles. The molecule has 1 nitrogen and oxygen atoms in total. The molecular weight excluding hydrogens is 382 g/mol. The van der Waals surface area contributed by atoms with E-state index in [-0.39, 0.29) is 10.8 Å². The second-order valence-electron chi connectivity index (χ2n) is 10.0. The van der Waals surface area contributed by atoms with Gasteiger partial charge in [0.05, 0.1) is 5.01 Å². The third-order valence-electron chi connectivity index (χ3n) is 6.74. The highest BCUT2D eigenvalue weighted by molar-refractivity contribution is 7.09. The monoisotopic (exact) mass is 415 g/mol. The van der Waals surface area contributed by atoms with Gasteiger partial charge in [-0.25, -0.2) is 4.98 Å². The Morgan fingerprint density at radius 1 is 0.900 bits per heavy atom. The molecule has 1 aliphatic rings. The molecule has 0 N–H and O–H groups in total. The molecule has 156 valence electrons. The Labute approximate surface area is 185 Å². The Balaban J connectivity index is 1.76. The second-order valence-corrected chi connectivity index (χ2v) is 11.0. The van der Waals surface area contributed by atoms with Crippen molar-refractivity contribution >= 4 is 23.5 Å². The lowest BCUT2D eigenvalue weighted by atomic mass is 9.62. The van der Waals surface area contributed by atoms with Gasteiger partial charge >= 0.3 is 0 Å². The first kappa shape index (κ1) is 21.1. The molecule has 0 unspecified atom stereocenters. The van der Waals surface area contributed by atoms with E-state index in [0.717, 1.165) is 12.8 Å². The molecule has 2 heteroatoms. The number of aryl methyl sites for hydroxylation is 3. The Morgan fingerprint density at radius 3 is 2.20 bits per heavy atom. The fourth-order valence-corrected chi connectivity index (χ4v) is 5.15. The predicted octanol–water partition coefficient (Wildman–Crippen LogP) is 7.76. The van der Waals surface area contributed by atoms with E-state index in [1.807, 2.05) is 6.20 Å². The van der Waals surface area contributed by atoms with Gasteiger partial charge in [0.2, 0.25) is 0 Å². The maximum atomic E-state index is 4.50. The summed E-state index contributed by atoms with van der Waals surface area (Å²) in [6, 6.07) is 13.8. The summed E-state index contributed by atoms with van der Waals surface area (Å²) >= 11 is 1.76. The lowest BCUT2D eigenvalue weighted by Crippen LogP contribution is -2.34. The number of hydrogen-bond acceptors (Lipinski definition) is 2. The maximum absolute atomic E-state index is 4.50. The van der Waals surface area contributed by atoms with Crippen molar-refractivity contribution in [2.45, 2.75) is 71.1 Å². The second kappa shape index (κ2) is 8.15. The smallest absolute Gasteiger partial charge is 0.0928 e. The third kappa shape index (κ3) is 4.44. The van der Waals surface area contributed by atoms with E-state index < -0.39 is 0 Å². The Bertz CT molecular complexity index is 1040. The molecular formula is C28H33NS. The van der Waals surface area contributed by atoms with E-state index >= 15 is 0 Å². The van der Waals surface area contributed by atoms with Crippen LogP contribution in [0.15, 0.2) is 48.0 Å². The summed E-state index contributed by atoms with van der Waals surface area (Å²) in [5, 5.41) is 3.30. The Kier molecular flexibility index (Phi) is 5.72. The van der Waals surface area contributed by atoms with Crippen molar-refractivity contribution in [2.24, 2.45) is 0 Å². The highest BCUT2D eigenvalue weighted by Crippen LogP contribution is 2.46. The highest BCUT2D eigenvalue weighted by atomic mass is 32.1. The summed E-state index contributed by atoms with van der Waals surface area (Å²) in [6.45, 7) is 11.8. The zero-order valence-electron chi connectivity index (χ0n) is 19.0. The lowest BCUT2D eigenvalue weighted by molar-refractivity contribution is 0.331. The molecule has 1 heterocycles. The van der Waals surface area contributed by atoms with Crippen LogP contribution in [0.25, 0.3) is 12.2 Å². The first-order chi connectivity index (χ1) is 14.2. The Hall–Kier alpha value is -2.19. The summed E-state index contributed by atoms with van der Waals surface area (Å²) in [7, 11) is 0. The van der Waals surface area contributed by atoms with Crippen molar-refractivity contribution in [3.05, 3.63) is 86.4 Å². The van der Waals surface area contributed by atoms with Gasteiger partial charge in [-0.3, -0.25) is 0 Å². The molecule has 0 atom stereocenters. The van der Waals surface area contributed by atoms with Gasteiger partial charge in [0.1, 0.15) is 0 Å². The van der Waals surface area contributed by atoms with Crippen LogP contribution in [-0.4, -0.2) is 4.98 Å². The number of benzene rings is 2. The van der Waals surface area contributed by atoms with Crippen molar-refractivity contribution in [3.63, 3.8) is 0 Å². The van der Waals surface area contributed by atoms with Crippen LogP contribution in [0.2, 0.25) is 0 Å². The Morgan fingerprint density at radius 2 is 1.57 bits per heavy atom. The molecule has 0 saturated carbocycles. The molecule has 3 aromatic rings. The molecule has 4 rings (SSSR count). The molecule has 0 bridgehead atoms. The van der Waals surface area contributed by atoms with Gasteiger partial charge in [0, 0.05) is 18.0 Å². The van der Waals surface area contributed by atoms with Crippen LogP contribution in [0.3, 0.4) is 0 Å². The number of fused-ring (bicyclic) bond motifs is 1. The molecule has 0 radical (unpaired) electrons. The maximum Gasteiger partial charge on any atom is 0.0928 e. The van der Waals surface area contributed by atoms with E-state index in [1.165, 1.54) is 45.7 Å². The van der Waals surface area contributed by atoms with Crippen LogP contribution in [-0.2, 0) is 23.7 Å². The normalized spacial score (nSPS) is 17.2. The molecule has 0 saturated heterocycles. The van der Waals surface area contributed by atoms with Gasteiger partial charge in [-0.15, -0.1) is 11.3 Å². The van der Waals surface area contributed by atoms with E-state index in [4.69, 9.17) is 0 Å². The van der Waals surface area contributed by atoms with E-state index in [9.17, 15) is 0 Å². The van der Waals surface area contributed by atoms with Crippen LogP contribution >= 0.6 is 11.3 Å². The number of nitrogens with zero attached hydrogens (tertiary/aromatic N) is 1. The summed E-state index contributed by atoms with van der Waals surface area (Å²) in [5.74, 6) is 0. The minimum absolute atomic E-state index is 0.227. The largest absolute Gasteiger partial charge is 0.250 e. The van der Waals surface area contributed by atoms with E-state index in [1.54, 1.807) is 16.9 Å². The summed E-state index contributed by atoms with van der Waals surface area (Å²) in [4.78, 5) is 4.50. The van der Waals surface area contributed by atoms with Crippen LogP contribution in [0.4, 0.5) is 0 Å². The van der Waals surface area contributed by atoms with Crippen molar-refractivity contribution < 1.29 is 0 Å². The fraction of sp³-hybridized carbons (Fsp3) is 0.393. The van der Waals surface area contributed by atoms with Gasteiger partial charge in [0.15, 0.2) is 0 Å². The average molecular weight is 416 g/mol.